The molecule has 13 heteroatoms. The molecule has 0 spiro atoms. The molecular weight excluding hydrogens is 694 g/mol. The number of pyridine rings is 2. The number of carbonyl (C=O) groups excluding carboxylic acids is 2. The predicted octanol–water partition coefficient (Wildman–Crippen LogP) is 7.67. The quantitative estimate of drug-likeness (QED) is 0.0977. The normalized spacial score (nSPS) is 14.4. The summed E-state index contributed by atoms with van der Waals surface area (Å²) in [6, 6.07) is 16.8. The Hall–Kier alpha value is -5.64. The van der Waals surface area contributed by atoms with Gasteiger partial charge < -0.3 is 35.1 Å². The topological polar surface area (TPSA) is 151 Å². The van der Waals surface area contributed by atoms with Gasteiger partial charge in [-0.1, -0.05) is 23.7 Å². The van der Waals surface area contributed by atoms with Gasteiger partial charge in [-0.2, -0.15) is 5.26 Å². The van der Waals surface area contributed by atoms with Crippen molar-refractivity contribution in [3.8, 4) is 17.6 Å². The minimum absolute atomic E-state index is 0.247. The summed E-state index contributed by atoms with van der Waals surface area (Å²) >= 11 is 6.58. The molecule has 0 bridgehead atoms. The fraction of sp³-hybridized carbons (Fsp3) is 0.325. The maximum Gasteiger partial charge on any atom is 0.410 e. The average Bonchev–Trinajstić information content (AvgIpc) is 3.70. The van der Waals surface area contributed by atoms with Gasteiger partial charge in [0, 0.05) is 61.3 Å². The van der Waals surface area contributed by atoms with E-state index in [1.54, 1.807) is 47.5 Å². The molecule has 1 aliphatic carbocycles. The molecule has 0 saturated heterocycles. The van der Waals surface area contributed by atoms with Crippen molar-refractivity contribution in [2.75, 3.05) is 36.9 Å². The van der Waals surface area contributed by atoms with Gasteiger partial charge in [-0.25, -0.2) is 4.79 Å². The number of nitrogens with one attached hydrogen (secondary N) is 3. The monoisotopic (exact) mass is 735 g/mol. The Balaban J connectivity index is 1.09. The molecule has 0 saturated carbocycles. The highest BCUT2D eigenvalue weighted by molar-refractivity contribution is 6.32. The van der Waals surface area contributed by atoms with Crippen LogP contribution >= 0.6 is 11.6 Å². The second kappa shape index (κ2) is 16.4. The summed E-state index contributed by atoms with van der Waals surface area (Å²) in [6.45, 7) is 9.80. The van der Waals surface area contributed by atoms with E-state index in [2.05, 4.69) is 32.0 Å². The van der Waals surface area contributed by atoms with Crippen molar-refractivity contribution in [3.63, 3.8) is 0 Å². The number of hydrogen-bond acceptors (Lipinski definition) is 10. The van der Waals surface area contributed by atoms with Crippen molar-refractivity contribution in [2.45, 2.75) is 58.8 Å². The number of likely N-dealkylation sites (tertiary alicyclic amines) is 1. The van der Waals surface area contributed by atoms with Crippen molar-refractivity contribution in [1.29, 1.82) is 5.26 Å². The second-order valence-corrected chi connectivity index (χ2v) is 14.2. The number of aromatic nitrogens is 2. The molecule has 2 aromatic carbocycles. The number of rotatable bonds is 12. The van der Waals surface area contributed by atoms with Gasteiger partial charge in [0.15, 0.2) is 0 Å². The summed E-state index contributed by atoms with van der Waals surface area (Å²) in [5.74, 6) is 0.611. The van der Waals surface area contributed by atoms with Gasteiger partial charge in [-0.15, -0.1) is 0 Å². The van der Waals surface area contributed by atoms with Crippen LogP contribution in [0.3, 0.4) is 0 Å². The highest BCUT2D eigenvalue weighted by Crippen LogP contribution is 2.38. The Morgan fingerprint density at radius 1 is 1.06 bits per heavy atom. The van der Waals surface area contributed by atoms with Gasteiger partial charge in [-0.3, -0.25) is 14.8 Å². The molecule has 0 atom stereocenters. The van der Waals surface area contributed by atoms with E-state index in [0.29, 0.717) is 76.3 Å². The number of fused-ring (bicyclic) bond motifs is 1. The molecule has 0 unspecified atom stereocenters. The van der Waals surface area contributed by atoms with Crippen LogP contribution in [0, 0.1) is 11.3 Å². The summed E-state index contributed by atoms with van der Waals surface area (Å²) < 4.78 is 17.3. The average molecular weight is 736 g/mol. The summed E-state index contributed by atoms with van der Waals surface area (Å²) in [7, 11) is 0. The van der Waals surface area contributed by atoms with Crippen LogP contribution in [-0.4, -0.2) is 64.8 Å². The lowest BCUT2D eigenvalue weighted by molar-refractivity contribution is -0.111. The van der Waals surface area contributed by atoms with Gasteiger partial charge in [-0.05, 0) is 88.1 Å². The Labute approximate surface area is 313 Å². The van der Waals surface area contributed by atoms with Gasteiger partial charge >= 0.3 is 6.09 Å². The molecule has 6 rings (SSSR count). The number of nitriles is 1. The minimum atomic E-state index is -0.523. The molecule has 2 aromatic heterocycles. The van der Waals surface area contributed by atoms with Crippen LogP contribution in [0.15, 0.2) is 84.2 Å². The third-order valence-electron chi connectivity index (χ3n) is 8.64. The third-order valence-corrected chi connectivity index (χ3v) is 8.94. The van der Waals surface area contributed by atoms with E-state index in [-0.39, 0.29) is 24.6 Å². The fourth-order valence-electron chi connectivity index (χ4n) is 6.29. The lowest BCUT2D eigenvalue weighted by Gasteiger charge is -2.26. The lowest BCUT2D eigenvalue weighted by atomic mass is 10.1. The van der Waals surface area contributed by atoms with Crippen LogP contribution < -0.4 is 25.4 Å². The second-order valence-electron chi connectivity index (χ2n) is 13.8. The minimum Gasteiger partial charge on any atom is -0.492 e. The lowest BCUT2D eigenvalue weighted by Crippen LogP contribution is -2.37. The Morgan fingerprint density at radius 2 is 1.85 bits per heavy atom. The molecule has 0 fully saturated rings. The number of anilines is 3. The first-order chi connectivity index (χ1) is 25.5. The molecular formula is C40H42ClN7O5. The number of ether oxygens (including phenoxy) is 3. The van der Waals surface area contributed by atoms with Crippen molar-refractivity contribution in [3.05, 3.63) is 101 Å². The highest BCUT2D eigenvalue weighted by atomic mass is 35.5. The zero-order valence-electron chi connectivity index (χ0n) is 30.2. The molecule has 2 amide bonds. The Kier molecular flexibility index (Phi) is 11.5. The summed E-state index contributed by atoms with van der Waals surface area (Å²) in [5.41, 5.74) is 5.25. The van der Waals surface area contributed by atoms with E-state index in [9.17, 15) is 14.9 Å². The molecule has 3 heterocycles. The van der Waals surface area contributed by atoms with E-state index in [1.807, 2.05) is 45.9 Å². The van der Waals surface area contributed by atoms with Gasteiger partial charge in [0.25, 0.3) is 0 Å². The summed E-state index contributed by atoms with van der Waals surface area (Å²) in [4.78, 5) is 36.1. The molecule has 12 nitrogen and oxygen atoms in total. The first-order valence-corrected chi connectivity index (χ1v) is 17.8. The standard InChI is InChI=1S/C40H42ClN7O5/c1-5-51-36-19-33-31(38(27(20-42)21-45-33)46-28-11-12-35(32(41)17-28)52-24-29-9-6-7-13-43-29)18-34(36)47-37(49)10-8-14-44-30-15-25-22-48(23-26(25)16-30)39(50)53-40(2,3)4/h6-13,17-19,21,30,44H,5,14-16,22-24H2,1-4H3,(H,45,46)(H,47,49)/b10-8+. The Morgan fingerprint density at radius 3 is 2.53 bits per heavy atom. The number of halogens is 1. The van der Waals surface area contributed by atoms with E-state index in [1.165, 1.54) is 23.4 Å². The van der Waals surface area contributed by atoms with Crippen LogP contribution in [0.1, 0.15) is 51.8 Å². The van der Waals surface area contributed by atoms with Gasteiger partial charge in [0.05, 0.1) is 39.8 Å². The summed E-state index contributed by atoms with van der Waals surface area (Å²) in [6.07, 6.45) is 7.89. The zero-order chi connectivity index (χ0) is 37.5. The molecule has 274 valence electrons. The van der Waals surface area contributed by atoms with Crippen molar-refractivity contribution in [2.24, 2.45) is 0 Å². The van der Waals surface area contributed by atoms with Crippen LogP contribution in [0.5, 0.6) is 11.5 Å². The number of amides is 2. The van der Waals surface area contributed by atoms with Crippen LogP contribution in [0.4, 0.5) is 21.9 Å². The van der Waals surface area contributed by atoms with Crippen LogP contribution in [-0.2, 0) is 16.1 Å². The maximum absolute atomic E-state index is 13.1. The number of hydrogen-bond donors (Lipinski definition) is 3. The first kappa shape index (κ1) is 37.1. The van der Waals surface area contributed by atoms with E-state index < -0.39 is 5.60 Å². The van der Waals surface area contributed by atoms with Crippen molar-refractivity contribution < 1.29 is 23.8 Å². The molecule has 3 N–H and O–H groups in total. The van der Waals surface area contributed by atoms with Gasteiger partial charge in [0.2, 0.25) is 5.91 Å². The largest absolute Gasteiger partial charge is 0.492 e. The van der Waals surface area contributed by atoms with E-state index in [4.69, 9.17) is 25.8 Å². The molecule has 0 radical (unpaired) electrons. The van der Waals surface area contributed by atoms with Crippen LogP contribution in [0.2, 0.25) is 5.02 Å². The number of benzene rings is 2. The van der Waals surface area contributed by atoms with Crippen molar-refractivity contribution in [1.82, 2.24) is 20.2 Å². The van der Waals surface area contributed by atoms with Gasteiger partial charge in [0.1, 0.15) is 29.8 Å². The maximum atomic E-state index is 13.1. The third kappa shape index (κ3) is 9.43. The number of carbonyl (C=O) groups is 2. The van der Waals surface area contributed by atoms with E-state index >= 15 is 0 Å². The van der Waals surface area contributed by atoms with E-state index in [0.717, 1.165) is 18.5 Å². The molecule has 53 heavy (non-hydrogen) atoms. The first-order valence-electron chi connectivity index (χ1n) is 17.5. The summed E-state index contributed by atoms with van der Waals surface area (Å²) in [5, 5.41) is 20.7. The smallest absolute Gasteiger partial charge is 0.410 e. The molecule has 1 aliphatic heterocycles. The number of nitrogens with zero attached hydrogens (tertiary/aromatic N) is 4. The molecule has 4 aromatic rings. The predicted molar refractivity (Wildman–Crippen MR) is 205 cm³/mol. The van der Waals surface area contributed by atoms with Crippen LogP contribution in [0.25, 0.3) is 10.9 Å². The molecule has 2 aliphatic rings. The zero-order valence-corrected chi connectivity index (χ0v) is 30.9. The highest BCUT2D eigenvalue weighted by Gasteiger charge is 2.34. The van der Waals surface area contributed by atoms with Crippen molar-refractivity contribution >= 4 is 51.6 Å². The SMILES string of the molecule is CCOc1cc2ncc(C#N)c(Nc3ccc(OCc4ccccn4)c(Cl)c3)c2cc1NC(=O)/C=C/CNC1CC2=C(C1)CN(C(=O)OC(C)(C)C)C2. The fourth-order valence-corrected chi connectivity index (χ4v) is 6.52. The Bertz CT molecular complexity index is 2090.